The van der Waals surface area contributed by atoms with Gasteiger partial charge in [-0.3, -0.25) is 9.40 Å². The molecule has 0 aliphatic carbocycles. The Morgan fingerprint density at radius 2 is 2.10 bits per heavy atom. The van der Waals surface area contributed by atoms with Crippen molar-refractivity contribution in [3.8, 4) is 0 Å². The molecule has 1 aromatic heterocycles. The highest BCUT2D eigenvalue weighted by Gasteiger charge is 2.26. The summed E-state index contributed by atoms with van der Waals surface area (Å²) in [6.45, 7) is 1.61. The van der Waals surface area contributed by atoms with E-state index in [1.165, 1.54) is 13.2 Å². The van der Waals surface area contributed by atoms with Crippen LogP contribution in [0.3, 0.4) is 0 Å². The summed E-state index contributed by atoms with van der Waals surface area (Å²) in [5, 5.41) is 18.0. The molecule has 0 aliphatic heterocycles. The van der Waals surface area contributed by atoms with E-state index >= 15 is 0 Å². The number of hydrogen-bond donors (Lipinski definition) is 3. The molecule has 0 aliphatic rings. The third-order valence-corrected chi connectivity index (χ3v) is 4.93. The number of aryl methyl sites for hydroxylation is 1. The number of rotatable bonds is 4. The number of H-pyrrole nitrogens is 1. The highest BCUT2D eigenvalue weighted by atomic mass is 32.2. The van der Waals surface area contributed by atoms with E-state index in [0.29, 0.717) is 16.9 Å². The van der Waals surface area contributed by atoms with Crippen molar-refractivity contribution in [1.82, 2.24) is 10.2 Å². The zero-order valence-corrected chi connectivity index (χ0v) is 12.3. The van der Waals surface area contributed by atoms with Gasteiger partial charge in [-0.15, -0.1) is 0 Å². The molecule has 112 valence electrons. The maximum Gasteiger partial charge on any atom is 0.267 e. The molecule has 0 amide bonds. The number of nitrogens with zero attached hydrogens (tertiary/aromatic N) is 3. The third kappa shape index (κ3) is 2.55. The Hall–Kier alpha value is -2.55. The van der Waals surface area contributed by atoms with Crippen molar-refractivity contribution in [2.45, 2.75) is 11.8 Å². The lowest BCUT2D eigenvalue weighted by molar-refractivity contribution is 0.318. The molecule has 1 aromatic carbocycles. The fourth-order valence-corrected chi connectivity index (χ4v) is 3.23. The second kappa shape index (κ2) is 5.44. The molecule has 0 saturated carbocycles. The molecule has 0 spiro atoms. The number of hydrogen-bond acceptors (Lipinski definition) is 5. The van der Waals surface area contributed by atoms with Crippen molar-refractivity contribution in [3.63, 3.8) is 0 Å². The highest BCUT2D eigenvalue weighted by Crippen LogP contribution is 2.26. The predicted molar refractivity (Wildman–Crippen MR) is 77.9 cm³/mol. The van der Waals surface area contributed by atoms with Crippen LogP contribution in [0.1, 0.15) is 11.3 Å². The number of sulfonamides is 1. The van der Waals surface area contributed by atoms with Crippen LogP contribution in [0.2, 0.25) is 0 Å². The van der Waals surface area contributed by atoms with Crippen molar-refractivity contribution in [3.05, 3.63) is 41.7 Å². The van der Waals surface area contributed by atoms with Crippen LogP contribution in [0.15, 0.2) is 40.5 Å². The van der Waals surface area contributed by atoms with Gasteiger partial charge >= 0.3 is 0 Å². The SMILES string of the molecule is Cc1[nH]ncc1S(=O)(=O)N(C)c1ccccc1/C(N)=N/O. The van der Waals surface area contributed by atoms with Crippen LogP contribution in [0.5, 0.6) is 0 Å². The molecular weight excluding hydrogens is 294 g/mol. The minimum Gasteiger partial charge on any atom is -0.409 e. The number of oxime groups is 1. The molecule has 21 heavy (non-hydrogen) atoms. The number of benzene rings is 1. The van der Waals surface area contributed by atoms with E-state index in [2.05, 4.69) is 15.4 Å². The monoisotopic (exact) mass is 309 g/mol. The first kappa shape index (κ1) is 14.9. The fourth-order valence-electron chi connectivity index (χ4n) is 1.90. The van der Waals surface area contributed by atoms with Crippen LogP contribution in [-0.4, -0.2) is 36.7 Å². The van der Waals surface area contributed by atoms with Gasteiger partial charge in [-0.25, -0.2) is 8.42 Å². The maximum absolute atomic E-state index is 12.6. The average Bonchev–Trinajstić information content (AvgIpc) is 2.92. The lowest BCUT2D eigenvalue weighted by atomic mass is 10.1. The van der Waals surface area contributed by atoms with Crippen molar-refractivity contribution in [2.24, 2.45) is 10.9 Å². The van der Waals surface area contributed by atoms with E-state index in [1.54, 1.807) is 31.2 Å². The normalized spacial score (nSPS) is 12.4. The van der Waals surface area contributed by atoms with Crippen molar-refractivity contribution in [2.75, 3.05) is 11.4 Å². The summed E-state index contributed by atoms with van der Waals surface area (Å²) in [7, 11) is -2.40. The van der Waals surface area contributed by atoms with E-state index in [4.69, 9.17) is 10.9 Å². The van der Waals surface area contributed by atoms with Gasteiger partial charge in [0.1, 0.15) is 4.90 Å². The summed E-state index contributed by atoms with van der Waals surface area (Å²) in [5.41, 5.74) is 6.63. The summed E-state index contributed by atoms with van der Waals surface area (Å²) >= 11 is 0. The van der Waals surface area contributed by atoms with Gasteiger partial charge in [0.2, 0.25) is 0 Å². The van der Waals surface area contributed by atoms with Crippen LogP contribution in [0, 0.1) is 6.92 Å². The largest absolute Gasteiger partial charge is 0.409 e. The maximum atomic E-state index is 12.6. The number of aromatic amines is 1. The molecule has 0 fully saturated rings. The number of anilines is 1. The molecular formula is C12H15N5O3S. The Morgan fingerprint density at radius 3 is 2.67 bits per heavy atom. The van der Waals surface area contributed by atoms with Gasteiger partial charge in [-0.2, -0.15) is 5.10 Å². The summed E-state index contributed by atoms with van der Waals surface area (Å²) in [4.78, 5) is 0.0688. The molecule has 2 aromatic rings. The Bertz CT molecular complexity index is 782. The number of para-hydroxylation sites is 1. The number of nitrogens with two attached hydrogens (primary N) is 1. The fraction of sp³-hybridized carbons (Fsp3) is 0.167. The Labute approximate surface area is 121 Å². The van der Waals surface area contributed by atoms with Gasteiger partial charge in [0, 0.05) is 12.6 Å². The highest BCUT2D eigenvalue weighted by molar-refractivity contribution is 7.92. The zero-order chi connectivity index (χ0) is 15.6. The number of aromatic nitrogens is 2. The van der Waals surface area contributed by atoms with Gasteiger partial charge in [0.15, 0.2) is 5.84 Å². The standard InChI is InChI=1S/C12H15N5O3S/c1-8-11(7-14-15-8)21(19,20)17(2)10-6-4-3-5-9(10)12(13)16-18/h3-7,18H,1-2H3,(H2,13,16)(H,14,15). The predicted octanol–water partition coefficient (Wildman–Crippen LogP) is 0.638. The Morgan fingerprint density at radius 1 is 1.43 bits per heavy atom. The van der Waals surface area contributed by atoms with Crippen LogP contribution in [0.25, 0.3) is 0 Å². The summed E-state index contributed by atoms with van der Waals surface area (Å²) in [6.07, 6.45) is 1.24. The molecule has 2 rings (SSSR count). The topological polar surface area (TPSA) is 125 Å². The third-order valence-electron chi connectivity index (χ3n) is 3.05. The van der Waals surface area contributed by atoms with Crippen LogP contribution >= 0.6 is 0 Å². The molecule has 0 unspecified atom stereocenters. The van der Waals surface area contributed by atoms with Crippen molar-refractivity contribution >= 4 is 21.5 Å². The number of amidine groups is 1. The second-order valence-corrected chi connectivity index (χ2v) is 6.27. The molecule has 0 atom stereocenters. The molecule has 0 radical (unpaired) electrons. The van der Waals surface area contributed by atoms with Crippen LogP contribution in [0.4, 0.5) is 5.69 Å². The zero-order valence-electron chi connectivity index (χ0n) is 11.5. The average molecular weight is 309 g/mol. The lowest BCUT2D eigenvalue weighted by Gasteiger charge is -2.21. The smallest absolute Gasteiger partial charge is 0.267 e. The van der Waals surface area contributed by atoms with Gasteiger partial charge in [-0.05, 0) is 19.1 Å². The molecule has 0 bridgehead atoms. The van der Waals surface area contributed by atoms with E-state index < -0.39 is 10.0 Å². The quantitative estimate of drug-likeness (QED) is 0.331. The van der Waals surface area contributed by atoms with E-state index in [0.717, 1.165) is 4.31 Å². The molecule has 4 N–H and O–H groups in total. The van der Waals surface area contributed by atoms with Gasteiger partial charge < -0.3 is 10.9 Å². The first-order chi connectivity index (χ1) is 9.89. The van der Waals surface area contributed by atoms with Crippen LogP contribution in [-0.2, 0) is 10.0 Å². The molecule has 1 heterocycles. The van der Waals surface area contributed by atoms with Gasteiger partial charge in [-0.1, -0.05) is 17.3 Å². The van der Waals surface area contributed by atoms with E-state index in [1.807, 2.05) is 0 Å². The molecule has 0 saturated heterocycles. The number of nitrogens with one attached hydrogen (secondary N) is 1. The van der Waals surface area contributed by atoms with E-state index in [-0.39, 0.29) is 10.7 Å². The summed E-state index contributed by atoms with van der Waals surface area (Å²) in [5.74, 6) is -0.170. The van der Waals surface area contributed by atoms with Crippen molar-refractivity contribution in [1.29, 1.82) is 0 Å². The van der Waals surface area contributed by atoms with E-state index in [9.17, 15) is 8.42 Å². The Balaban J connectivity index is 2.56. The molecule has 8 nitrogen and oxygen atoms in total. The summed E-state index contributed by atoms with van der Waals surface area (Å²) in [6, 6.07) is 6.47. The van der Waals surface area contributed by atoms with Crippen molar-refractivity contribution < 1.29 is 13.6 Å². The minimum atomic E-state index is -3.80. The van der Waals surface area contributed by atoms with Gasteiger partial charge in [0.05, 0.1) is 17.6 Å². The first-order valence-electron chi connectivity index (χ1n) is 5.95. The lowest BCUT2D eigenvalue weighted by Crippen LogP contribution is -2.29. The summed E-state index contributed by atoms with van der Waals surface area (Å²) < 4.78 is 26.3. The second-order valence-electron chi connectivity index (χ2n) is 4.33. The Kier molecular flexibility index (Phi) is 3.85. The van der Waals surface area contributed by atoms with Gasteiger partial charge in [0.25, 0.3) is 10.0 Å². The minimum absolute atomic E-state index is 0.0688. The van der Waals surface area contributed by atoms with Crippen LogP contribution < -0.4 is 10.0 Å². The molecule has 9 heteroatoms. The first-order valence-corrected chi connectivity index (χ1v) is 7.39.